The summed E-state index contributed by atoms with van der Waals surface area (Å²) in [6.45, 7) is 2.26. The number of hydrogen-bond acceptors (Lipinski definition) is 7. The Morgan fingerprint density at radius 3 is 2.55 bits per heavy atom. The van der Waals surface area contributed by atoms with Crippen LogP contribution in [0.25, 0.3) is 22.1 Å². The van der Waals surface area contributed by atoms with Gasteiger partial charge in [0.05, 0.1) is 20.0 Å². The van der Waals surface area contributed by atoms with Crippen molar-refractivity contribution in [2.75, 3.05) is 25.3 Å². The van der Waals surface area contributed by atoms with Gasteiger partial charge < -0.3 is 19.2 Å². The topological polar surface area (TPSA) is 95.6 Å². The standard InChI is InChI=1S/C22H21N3O5S/c1-4-25-21(27)20-19(16-7-5-6-8-17(16)30-20)24-22(25)31-12-18(26)23-13-9-14(28-2)11-15(10-13)29-3/h5-11H,4,12H2,1-3H3,(H,23,26). The van der Waals surface area contributed by atoms with Gasteiger partial charge in [-0.05, 0) is 19.1 Å². The number of hydrogen-bond donors (Lipinski definition) is 1. The van der Waals surface area contributed by atoms with Gasteiger partial charge >= 0.3 is 0 Å². The monoisotopic (exact) mass is 439 g/mol. The van der Waals surface area contributed by atoms with Crippen LogP contribution in [0.4, 0.5) is 5.69 Å². The molecule has 0 radical (unpaired) electrons. The molecule has 2 aromatic heterocycles. The summed E-state index contributed by atoms with van der Waals surface area (Å²) in [7, 11) is 3.09. The number of carbonyl (C=O) groups is 1. The van der Waals surface area contributed by atoms with Crippen LogP contribution in [0.2, 0.25) is 0 Å². The van der Waals surface area contributed by atoms with E-state index in [1.807, 2.05) is 25.1 Å². The molecule has 8 nitrogen and oxygen atoms in total. The third kappa shape index (κ3) is 4.09. The normalized spacial score (nSPS) is 11.1. The lowest BCUT2D eigenvalue weighted by molar-refractivity contribution is -0.113. The first kappa shape index (κ1) is 20.8. The molecule has 2 aromatic carbocycles. The molecule has 0 saturated heterocycles. The summed E-state index contributed by atoms with van der Waals surface area (Å²) in [4.78, 5) is 30.1. The molecule has 4 aromatic rings. The van der Waals surface area contributed by atoms with Crippen LogP contribution in [0.3, 0.4) is 0 Å². The molecule has 1 amide bonds. The Labute approximate surface area is 182 Å². The largest absolute Gasteiger partial charge is 0.497 e. The molecule has 0 aliphatic heterocycles. The second kappa shape index (κ2) is 8.73. The van der Waals surface area contributed by atoms with Crippen molar-refractivity contribution in [3.05, 3.63) is 52.8 Å². The van der Waals surface area contributed by atoms with Gasteiger partial charge in [-0.1, -0.05) is 23.9 Å². The number of methoxy groups -OCH3 is 2. The van der Waals surface area contributed by atoms with E-state index in [-0.39, 0.29) is 22.8 Å². The van der Waals surface area contributed by atoms with E-state index < -0.39 is 0 Å². The van der Waals surface area contributed by atoms with Gasteiger partial charge in [-0.25, -0.2) is 4.98 Å². The van der Waals surface area contributed by atoms with Crippen LogP contribution in [0, 0.1) is 0 Å². The third-order valence-electron chi connectivity index (χ3n) is 4.73. The number of rotatable bonds is 7. The van der Waals surface area contributed by atoms with Gasteiger partial charge in [0, 0.05) is 35.8 Å². The number of nitrogens with one attached hydrogen (secondary N) is 1. The maximum absolute atomic E-state index is 12.9. The summed E-state index contributed by atoms with van der Waals surface area (Å²) in [5.41, 5.74) is 1.63. The van der Waals surface area contributed by atoms with Gasteiger partial charge in [0.25, 0.3) is 5.56 Å². The van der Waals surface area contributed by atoms with Gasteiger partial charge in [-0.15, -0.1) is 0 Å². The van der Waals surface area contributed by atoms with Crippen LogP contribution in [0.15, 0.2) is 56.8 Å². The molecule has 9 heteroatoms. The number of anilines is 1. The highest BCUT2D eigenvalue weighted by Crippen LogP contribution is 2.28. The minimum atomic E-state index is -0.260. The summed E-state index contributed by atoms with van der Waals surface area (Å²) >= 11 is 1.20. The van der Waals surface area contributed by atoms with Gasteiger partial charge in [0.15, 0.2) is 5.16 Å². The Kier molecular flexibility index (Phi) is 5.85. The SMILES string of the molecule is CCn1c(SCC(=O)Nc2cc(OC)cc(OC)c2)nc2c(oc3ccccc32)c1=O. The lowest BCUT2D eigenvalue weighted by Crippen LogP contribution is -2.23. The summed E-state index contributed by atoms with van der Waals surface area (Å²) in [5, 5.41) is 4.06. The van der Waals surface area contributed by atoms with Crippen molar-refractivity contribution in [1.82, 2.24) is 9.55 Å². The predicted molar refractivity (Wildman–Crippen MR) is 120 cm³/mol. The average Bonchev–Trinajstić information content (AvgIpc) is 3.16. The lowest BCUT2D eigenvalue weighted by Gasteiger charge is -2.11. The van der Waals surface area contributed by atoms with E-state index in [0.29, 0.717) is 40.0 Å². The van der Waals surface area contributed by atoms with Crippen molar-refractivity contribution in [2.24, 2.45) is 0 Å². The highest BCUT2D eigenvalue weighted by molar-refractivity contribution is 7.99. The second-order valence-electron chi connectivity index (χ2n) is 6.66. The van der Waals surface area contributed by atoms with Crippen molar-refractivity contribution in [3.63, 3.8) is 0 Å². The number of carbonyl (C=O) groups excluding carboxylic acids is 1. The Bertz CT molecular complexity index is 1310. The molecular formula is C22H21N3O5S. The molecule has 0 fully saturated rings. The van der Waals surface area contributed by atoms with E-state index in [4.69, 9.17) is 13.9 Å². The molecule has 0 spiro atoms. The molecule has 31 heavy (non-hydrogen) atoms. The number of para-hydroxylation sites is 1. The zero-order valence-corrected chi connectivity index (χ0v) is 18.1. The number of nitrogens with zero attached hydrogens (tertiary/aromatic N) is 2. The molecular weight excluding hydrogens is 418 g/mol. The molecule has 160 valence electrons. The molecule has 0 saturated carbocycles. The molecule has 0 aliphatic rings. The Morgan fingerprint density at radius 1 is 1.16 bits per heavy atom. The average molecular weight is 439 g/mol. The summed E-state index contributed by atoms with van der Waals surface area (Å²) < 4.78 is 17.7. The van der Waals surface area contributed by atoms with Crippen molar-refractivity contribution in [2.45, 2.75) is 18.6 Å². The van der Waals surface area contributed by atoms with Crippen LogP contribution in [-0.4, -0.2) is 35.4 Å². The highest BCUT2D eigenvalue weighted by atomic mass is 32.2. The predicted octanol–water partition coefficient (Wildman–Crippen LogP) is 3.91. The van der Waals surface area contributed by atoms with Crippen molar-refractivity contribution in [1.29, 1.82) is 0 Å². The van der Waals surface area contributed by atoms with E-state index in [2.05, 4.69) is 10.3 Å². The minimum absolute atomic E-state index is 0.0766. The van der Waals surface area contributed by atoms with Gasteiger partial charge in [0.1, 0.15) is 22.6 Å². The first-order valence-corrected chi connectivity index (χ1v) is 10.6. The molecule has 0 bridgehead atoms. The Balaban J connectivity index is 1.59. The van der Waals surface area contributed by atoms with Crippen molar-refractivity contribution >= 4 is 45.4 Å². The molecule has 0 atom stereocenters. The van der Waals surface area contributed by atoms with Crippen LogP contribution >= 0.6 is 11.8 Å². The van der Waals surface area contributed by atoms with Crippen molar-refractivity contribution < 1.29 is 18.7 Å². The van der Waals surface area contributed by atoms with Crippen LogP contribution < -0.4 is 20.3 Å². The summed E-state index contributed by atoms with van der Waals surface area (Å²) in [6.07, 6.45) is 0. The summed E-state index contributed by atoms with van der Waals surface area (Å²) in [6, 6.07) is 12.5. The van der Waals surface area contributed by atoms with Gasteiger partial charge in [0.2, 0.25) is 11.5 Å². The van der Waals surface area contributed by atoms with Gasteiger partial charge in [-0.2, -0.15) is 0 Å². The van der Waals surface area contributed by atoms with Crippen LogP contribution in [0.5, 0.6) is 11.5 Å². The fraction of sp³-hybridized carbons (Fsp3) is 0.227. The third-order valence-corrected chi connectivity index (χ3v) is 5.71. The first-order chi connectivity index (χ1) is 15.0. The number of amides is 1. The fourth-order valence-corrected chi connectivity index (χ4v) is 4.11. The molecule has 0 unspecified atom stereocenters. The number of fused-ring (bicyclic) bond motifs is 3. The number of furan rings is 1. The van der Waals surface area contributed by atoms with E-state index >= 15 is 0 Å². The van der Waals surface area contributed by atoms with Crippen molar-refractivity contribution in [3.8, 4) is 11.5 Å². The Morgan fingerprint density at radius 2 is 1.87 bits per heavy atom. The maximum atomic E-state index is 12.9. The van der Waals surface area contributed by atoms with E-state index in [1.54, 1.807) is 38.5 Å². The number of thioether (sulfide) groups is 1. The van der Waals surface area contributed by atoms with Gasteiger partial charge in [-0.3, -0.25) is 14.2 Å². The zero-order valence-electron chi connectivity index (χ0n) is 17.3. The zero-order chi connectivity index (χ0) is 22.0. The molecule has 1 N–H and O–H groups in total. The van der Waals surface area contributed by atoms with E-state index in [9.17, 15) is 9.59 Å². The maximum Gasteiger partial charge on any atom is 0.297 e. The second-order valence-corrected chi connectivity index (χ2v) is 7.60. The number of aromatic nitrogens is 2. The summed E-state index contributed by atoms with van der Waals surface area (Å²) in [5.74, 6) is 0.976. The number of benzene rings is 2. The lowest BCUT2D eigenvalue weighted by atomic mass is 10.2. The molecule has 0 aliphatic carbocycles. The number of ether oxygens (including phenoxy) is 2. The Hall–Kier alpha value is -3.46. The minimum Gasteiger partial charge on any atom is -0.497 e. The molecule has 2 heterocycles. The van der Waals surface area contributed by atoms with Crippen LogP contribution in [-0.2, 0) is 11.3 Å². The quantitative estimate of drug-likeness (QED) is 0.344. The van der Waals surface area contributed by atoms with E-state index in [1.165, 1.54) is 16.3 Å². The molecule has 4 rings (SSSR count). The highest BCUT2D eigenvalue weighted by Gasteiger charge is 2.18. The van der Waals surface area contributed by atoms with E-state index in [0.717, 1.165) is 5.39 Å². The van der Waals surface area contributed by atoms with Crippen LogP contribution in [0.1, 0.15) is 6.92 Å². The first-order valence-electron chi connectivity index (χ1n) is 9.61. The fourth-order valence-electron chi connectivity index (χ4n) is 3.25. The smallest absolute Gasteiger partial charge is 0.297 e.